The Labute approximate surface area is 191 Å². The summed E-state index contributed by atoms with van der Waals surface area (Å²) in [6.45, 7) is 9.09. The number of thiazole rings is 1. The van der Waals surface area contributed by atoms with Gasteiger partial charge in [-0.05, 0) is 24.6 Å². The summed E-state index contributed by atoms with van der Waals surface area (Å²) in [6, 6.07) is 6.51. The number of carbonyl (C=O) groups is 1. The largest absolute Gasteiger partial charge is 0.486 e. The molecule has 2 fully saturated rings. The molecule has 172 valence electrons. The van der Waals surface area contributed by atoms with Gasteiger partial charge in [0.25, 0.3) is 5.91 Å². The molecule has 32 heavy (non-hydrogen) atoms. The topological polar surface area (TPSA) is 81.6 Å². The van der Waals surface area contributed by atoms with Crippen molar-refractivity contribution in [3.8, 4) is 11.5 Å². The Balaban J connectivity index is 1.18. The molecular formula is C22H29N5O4S. The number of amides is 1. The third-order valence-corrected chi connectivity index (χ3v) is 7.47. The lowest BCUT2D eigenvalue weighted by atomic mass is 10.1. The van der Waals surface area contributed by atoms with Gasteiger partial charge < -0.3 is 24.5 Å². The maximum atomic E-state index is 12.8. The van der Waals surface area contributed by atoms with Gasteiger partial charge in [-0.2, -0.15) is 5.06 Å². The molecule has 0 radical (unpaired) electrons. The zero-order valence-electron chi connectivity index (χ0n) is 18.3. The molecule has 5 rings (SSSR count). The monoisotopic (exact) mass is 459 g/mol. The Bertz CT molecular complexity index is 954. The molecular weight excluding hydrogens is 430 g/mol. The summed E-state index contributed by atoms with van der Waals surface area (Å²) in [5.41, 5.74) is 1.23. The predicted molar refractivity (Wildman–Crippen MR) is 121 cm³/mol. The van der Waals surface area contributed by atoms with Crippen LogP contribution in [0.4, 0.5) is 5.13 Å². The number of hydroxylamine groups is 2. The number of fused-ring (bicyclic) bond motifs is 1. The van der Waals surface area contributed by atoms with Gasteiger partial charge in [0.1, 0.15) is 18.1 Å². The predicted octanol–water partition coefficient (Wildman–Crippen LogP) is 1.94. The van der Waals surface area contributed by atoms with E-state index in [4.69, 9.17) is 9.47 Å². The number of benzene rings is 1. The number of nitrogens with zero attached hydrogens (tertiary/aromatic N) is 5. The number of anilines is 1. The number of aromatic nitrogens is 1. The van der Waals surface area contributed by atoms with Crippen molar-refractivity contribution in [3.05, 3.63) is 34.8 Å². The van der Waals surface area contributed by atoms with Crippen LogP contribution in [0.3, 0.4) is 0 Å². The Hall–Kier alpha value is -2.40. The lowest BCUT2D eigenvalue weighted by molar-refractivity contribution is -0.112. The molecule has 0 spiro atoms. The fraction of sp³-hybridized carbons (Fsp3) is 0.545. The van der Waals surface area contributed by atoms with Crippen molar-refractivity contribution in [2.45, 2.75) is 13.0 Å². The summed E-state index contributed by atoms with van der Waals surface area (Å²) < 4.78 is 11.4. The Morgan fingerprint density at radius 1 is 1.03 bits per heavy atom. The average molecular weight is 460 g/mol. The van der Waals surface area contributed by atoms with Gasteiger partial charge in [0.2, 0.25) is 0 Å². The minimum absolute atomic E-state index is 0.00714. The smallest absolute Gasteiger partial charge is 0.265 e. The fourth-order valence-electron chi connectivity index (χ4n) is 4.40. The van der Waals surface area contributed by atoms with Crippen molar-refractivity contribution in [1.29, 1.82) is 0 Å². The van der Waals surface area contributed by atoms with Crippen molar-refractivity contribution in [2.75, 3.05) is 70.5 Å². The summed E-state index contributed by atoms with van der Waals surface area (Å²) in [5.74, 6) is 1.66. The maximum Gasteiger partial charge on any atom is 0.265 e. The molecule has 0 bridgehead atoms. The summed E-state index contributed by atoms with van der Waals surface area (Å²) in [4.78, 5) is 24.5. The molecule has 3 aliphatic heterocycles. The lowest BCUT2D eigenvalue weighted by Crippen LogP contribution is -2.47. The molecule has 10 heteroatoms. The van der Waals surface area contributed by atoms with Crippen LogP contribution >= 0.6 is 11.3 Å². The average Bonchev–Trinajstić information content (AvgIpc) is 3.34. The first kappa shape index (κ1) is 21.4. The second-order valence-electron chi connectivity index (χ2n) is 8.36. The fourth-order valence-corrected chi connectivity index (χ4v) is 5.33. The van der Waals surface area contributed by atoms with E-state index in [1.807, 2.05) is 6.07 Å². The van der Waals surface area contributed by atoms with Crippen LogP contribution in [0, 0.1) is 0 Å². The van der Waals surface area contributed by atoms with Crippen LogP contribution in [0.25, 0.3) is 0 Å². The highest BCUT2D eigenvalue weighted by Crippen LogP contribution is 2.34. The molecule has 0 saturated carbocycles. The number of hydrogen-bond acceptors (Lipinski definition) is 9. The van der Waals surface area contributed by atoms with Gasteiger partial charge >= 0.3 is 0 Å². The van der Waals surface area contributed by atoms with E-state index in [-0.39, 0.29) is 11.9 Å². The van der Waals surface area contributed by atoms with Gasteiger partial charge in [-0.3, -0.25) is 9.69 Å². The molecule has 4 heterocycles. The molecule has 1 atom stereocenters. The van der Waals surface area contributed by atoms with Crippen LogP contribution in [-0.4, -0.2) is 96.5 Å². The minimum Gasteiger partial charge on any atom is -0.486 e. The minimum atomic E-state index is 0.00714. The first-order valence-corrected chi connectivity index (χ1v) is 12.0. The Morgan fingerprint density at radius 3 is 2.50 bits per heavy atom. The van der Waals surface area contributed by atoms with Crippen molar-refractivity contribution in [3.63, 3.8) is 0 Å². The normalized spacial score (nSPS) is 20.9. The number of ether oxygens (including phenoxy) is 2. The van der Waals surface area contributed by atoms with E-state index >= 15 is 0 Å². The van der Waals surface area contributed by atoms with E-state index in [1.165, 1.54) is 22.0 Å². The molecule has 1 aromatic carbocycles. The van der Waals surface area contributed by atoms with Crippen LogP contribution in [0.15, 0.2) is 24.4 Å². The number of piperazine rings is 2. The quantitative estimate of drug-likeness (QED) is 0.743. The standard InChI is InChI=1S/C22H29N5O4S/c1-16(17-2-3-18-19(14-17)31-13-12-30-18)24-4-6-26(7-5-24)22-23-15-20(32-22)21(28)25-8-10-27(29)11-9-25/h2-3,14-16,29H,4-13H2,1H3/t16-/m1/s1. The van der Waals surface area contributed by atoms with Crippen molar-refractivity contribution in [2.24, 2.45) is 0 Å². The van der Waals surface area contributed by atoms with Gasteiger partial charge in [0.05, 0.1) is 6.20 Å². The zero-order chi connectivity index (χ0) is 22.1. The number of hydrogen-bond donors (Lipinski definition) is 1. The second kappa shape index (κ2) is 9.22. The molecule has 1 aromatic heterocycles. The lowest BCUT2D eigenvalue weighted by Gasteiger charge is -2.38. The Kier molecular flexibility index (Phi) is 6.18. The highest BCUT2D eigenvalue weighted by molar-refractivity contribution is 7.17. The molecule has 2 saturated heterocycles. The highest BCUT2D eigenvalue weighted by atomic mass is 32.1. The van der Waals surface area contributed by atoms with Crippen molar-refractivity contribution >= 4 is 22.4 Å². The van der Waals surface area contributed by atoms with Gasteiger partial charge in [-0.25, -0.2) is 4.98 Å². The second-order valence-corrected chi connectivity index (χ2v) is 9.36. The zero-order valence-corrected chi connectivity index (χ0v) is 19.1. The molecule has 0 aliphatic carbocycles. The summed E-state index contributed by atoms with van der Waals surface area (Å²) in [6.07, 6.45) is 1.69. The third-order valence-electron chi connectivity index (χ3n) is 6.43. The van der Waals surface area contributed by atoms with E-state index in [0.29, 0.717) is 44.3 Å². The molecule has 9 nitrogen and oxygen atoms in total. The first-order valence-electron chi connectivity index (χ1n) is 11.2. The molecule has 0 unspecified atom stereocenters. The first-order chi connectivity index (χ1) is 15.6. The van der Waals surface area contributed by atoms with Crippen LogP contribution < -0.4 is 14.4 Å². The van der Waals surface area contributed by atoms with E-state index in [9.17, 15) is 10.0 Å². The van der Waals surface area contributed by atoms with Crippen LogP contribution in [0.1, 0.15) is 28.2 Å². The molecule has 1 N–H and O–H groups in total. The van der Waals surface area contributed by atoms with Crippen LogP contribution in [-0.2, 0) is 0 Å². The van der Waals surface area contributed by atoms with Gasteiger partial charge in [-0.15, -0.1) is 0 Å². The van der Waals surface area contributed by atoms with E-state index in [0.717, 1.165) is 42.8 Å². The van der Waals surface area contributed by atoms with Crippen LogP contribution in [0.5, 0.6) is 11.5 Å². The summed E-state index contributed by atoms with van der Waals surface area (Å²) in [5, 5.41) is 11.7. The molecule has 1 amide bonds. The van der Waals surface area contributed by atoms with Gasteiger partial charge in [0, 0.05) is 58.4 Å². The third kappa shape index (κ3) is 4.40. The van der Waals surface area contributed by atoms with Gasteiger partial charge in [0.15, 0.2) is 16.6 Å². The molecule has 3 aliphatic rings. The SMILES string of the molecule is C[C@H](c1ccc2c(c1)OCCO2)N1CCN(c2ncc(C(=O)N3CCN(O)CC3)s2)CC1. The Morgan fingerprint density at radius 2 is 1.75 bits per heavy atom. The highest BCUT2D eigenvalue weighted by Gasteiger charge is 2.27. The molecule has 2 aromatic rings. The van der Waals surface area contributed by atoms with Gasteiger partial charge in [-0.1, -0.05) is 17.4 Å². The van der Waals surface area contributed by atoms with E-state index in [1.54, 1.807) is 11.1 Å². The summed E-state index contributed by atoms with van der Waals surface area (Å²) in [7, 11) is 0. The van der Waals surface area contributed by atoms with Crippen molar-refractivity contribution in [1.82, 2.24) is 19.8 Å². The van der Waals surface area contributed by atoms with Crippen molar-refractivity contribution < 1.29 is 19.5 Å². The number of carbonyl (C=O) groups excluding carboxylic acids is 1. The van der Waals surface area contributed by atoms with Crippen LogP contribution in [0.2, 0.25) is 0 Å². The number of rotatable bonds is 4. The van der Waals surface area contributed by atoms with E-state index in [2.05, 4.69) is 33.8 Å². The van der Waals surface area contributed by atoms with E-state index < -0.39 is 0 Å². The summed E-state index contributed by atoms with van der Waals surface area (Å²) >= 11 is 1.46. The maximum absolute atomic E-state index is 12.8.